The van der Waals surface area contributed by atoms with Crippen molar-refractivity contribution in [1.82, 2.24) is 5.32 Å². The summed E-state index contributed by atoms with van der Waals surface area (Å²) in [6, 6.07) is 13.8. The third kappa shape index (κ3) is 4.68. The van der Waals surface area contributed by atoms with Gasteiger partial charge in [-0.3, -0.25) is 9.59 Å². The molecule has 2 aromatic rings. The Balaban J connectivity index is 2.16. The SMILES string of the molecule is CSC(=NC(=O)c1ccc(C)cc1)NC(=O)c1ccccc1Cl. The lowest BCUT2D eigenvalue weighted by Crippen LogP contribution is -2.29. The van der Waals surface area contributed by atoms with Crippen molar-refractivity contribution >= 4 is 40.3 Å². The molecule has 0 aromatic heterocycles. The number of aryl methyl sites for hydroxylation is 1. The Bertz CT molecular complexity index is 757. The molecule has 2 rings (SSSR count). The molecule has 0 heterocycles. The number of thioether (sulfide) groups is 1. The lowest BCUT2D eigenvalue weighted by atomic mass is 10.1. The summed E-state index contributed by atoms with van der Waals surface area (Å²) < 4.78 is 0. The van der Waals surface area contributed by atoms with Crippen LogP contribution in [0.3, 0.4) is 0 Å². The number of nitrogens with zero attached hydrogens (tertiary/aromatic N) is 1. The fourth-order valence-electron chi connectivity index (χ4n) is 1.79. The molecule has 23 heavy (non-hydrogen) atoms. The molecule has 118 valence electrons. The van der Waals surface area contributed by atoms with Gasteiger partial charge in [0.25, 0.3) is 11.8 Å². The van der Waals surface area contributed by atoms with Crippen LogP contribution in [0.5, 0.6) is 0 Å². The van der Waals surface area contributed by atoms with Crippen LogP contribution >= 0.6 is 23.4 Å². The van der Waals surface area contributed by atoms with Gasteiger partial charge in [-0.15, -0.1) is 0 Å². The van der Waals surface area contributed by atoms with Crippen molar-refractivity contribution < 1.29 is 9.59 Å². The first-order valence-corrected chi connectivity index (χ1v) is 8.41. The van der Waals surface area contributed by atoms with E-state index in [4.69, 9.17) is 11.6 Å². The van der Waals surface area contributed by atoms with E-state index in [9.17, 15) is 9.59 Å². The molecule has 2 aromatic carbocycles. The summed E-state index contributed by atoms with van der Waals surface area (Å²) in [6.07, 6.45) is 1.73. The summed E-state index contributed by atoms with van der Waals surface area (Å²) in [5.41, 5.74) is 1.86. The lowest BCUT2D eigenvalue weighted by Gasteiger charge is -2.07. The lowest BCUT2D eigenvalue weighted by molar-refractivity contribution is 0.0978. The molecule has 0 aliphatic rings. The quantitative estimate of drug-likeness (QED) is 0.662. The van der Waals surface area contributed by atoms with Gasteiger partial charge < -0.3 is 5.32 Å². The number of hydrogen-bond donors (Lipinski definition) is 1. The van der Waals surface area contributed by atoms with Crippen molar-refractivity contribution in [2.75, 3.05) is 6.26 Å². The highest BCUT2D eigenvalue weighted by atomic mass is 35.5. The van der Waals surface area contributed by atoms with Gasteiger partial charge in [0.2, 0.25) is 0 Å². The first kappa shape index (κ1) is 17.2. The molecule has 4 nitrogen and oxygen atoms in total. The Hall–Kier alpha value is -2.11. The predicted octanol–water partition coefficient (Wildman–Crippen LogP) is 3.94. The van der Waals surface area contributed by atoms with Gasteiger partial charge in [0.1, 0.15) is 0 Å². The smallest absolute Gasteiger partial charge is 0.279 e. The summed E-state index contributed by atoms with van der Waals surface area (Å²) in [7, 11) is 0. The third-order valence-electron chi connectivity index (χ3n) is 3.03. The number of carbonyl (C=O) groups is 2. The summed E-state index contributed by atoms with van der Waals surface area (Å²) >= 11 is 7.17. The van der Waals surface area contributed by atoms with Gasteiger partial charge in [0.05, 0.1) is 10.6 Å². The molecule has 0 spiro atoms. The molecule has 0 atom stereocenters. The van der Waals surface area contributed by atoms with E-state index >= 15 is 0 Å². The zero-order valence-corrected chi connectivity index (χ0v) is 14.2. The van der Waals surface area contributed by atoms with Gasteiger partial charge in [0, 0.05) is 5.56 Å². The molecule has 0 aliphatic heterocycles. The third-order valence-corrected chi connectivity index (χ3v) is 3.94. The number of carbonyl (C=O) groups excluding carboxylic acids is 2. The van der Waals surface area contributed by atoms with E-state index in [2.05, 4.69) is 10.3 Å². The van der Waals surface area contributed by atoms with Gasteiger partial charge in [0.15, 0.2) is 5.17 Å². The van der Waals surface area contributed by atoms with Crippen molar-refractivity contribution in [2.45, 2.75) is 6.92 Å². The molecular formula is C17H15ClN2O2S. The molecule has 0 unspecified atom stereocenters. The maximum atomic E-state index is 12.2. The average Bonchev–Trinajstić information content (AvgIpc) is 2.55. The van der Waals surface area contributed by atoms with Crippen molar-refractivity contribution in [3.8, 4) is 0 Å². The molecule has 0 aliphatic carbocycles. The van der Waals surface area contributed by atoms with Crippen LogP contribution in [-0.4, -0.2) is 23.2 Å². The van der Waals surface area contributed by atoms with Crippen molar-refractivity contribution in [3.63, 3.8) is 0 Å². The molecule has 0 fully saturated rings. The van der Waals surface area contributed by atoms with Crippen LogP contribution in [0.15, 0.2) is 53.5 Å². The molecule has 1 N–H and O–H groups in total. The van der Waals surface area contributed by atoms with E-state index in [0.717, 1.165) is 5.56 Å². The summed E-state index contributed by atoms with van der Waals surface area (Å²) in [4.78, 5) is 28.3. The van der Waals surface area contributed by atoms with Gasteiger partial charge in [-0.2, -0.15) is 4.99 Å². The standard InChI is InChI=1S/C17H15ClN2O2S/c1-11-7-9-12(10-8-11)15(21)19-17(23-2)20-16(22)13-5-3-4-6-14(13)18/h3-10H,1-2H3,(H,19,20,21,22). The van der Waals surface area contributed by atoms with Gasteiger partial charge in [-0.05, 0) is 37.4 Å². The zero-order chi connectivity index (χ0) is 16.8. The fraction of sp³-hybridized carbons (Fsp3) is 0.118. The first-order chi connectivity index (χ1) is 11.0. The van der Waals surface area contributed by atoms with E-state index in [0.29, 0.717) is 16.1 Å². The van der Waals surface area contributed by atoms with E-state index in [1.807, 2.05) is 19.1 Å². The van der Waals surface area contributed by atoms with Crippen LogP contribution in [0, 0.1) is 6.92 Å². The minimum absolute atomic E-state index is 0.223. The number of amidine groups is 1. The van der Waals surface area contributed by atoms with Crippen LogP contribution < -0.4 is 5.32 Å². The highest BCUT2D eigenvalue weighted by Crippen LogP contribution is 2.15. The molecule has 0 saturated heterocycles. The minimum atomic E-state index is -0.409. The average molecular weight is 347 g/mol. The maximum Gasteiger partial charge on any atom is 0.279 e. The van der Waals surface area contributed by atoms with Gasteiger partial charge in [-0.1, -0.05) is 53.2 Å². The predicted molar refractivity (Wildman–Crippen MR) is 95.4 cm³/mol. The minimum Gasteiger partial charge on any atom is -0.301 e. The van der Waals surface area contributed by atoms with E-state index < -0.39 is 11.8 Å². The van der Waals surface area contributed by atoms with Crippen molar-refractivity contribution in [3.05, 3.63) is 70.2 Å². The van der Waals surface area contributed by atoms with Gasteiger partial charge >= 0.3 is 0 Å². The Labute approximate surface area is 144 Å². The fourth-order valence-corrected chi connectivity index (χ4v) is 2.38. The summed E-state index contributed by atoms with van der Waals surface area (Å²) in [5, 5.41) is 3.17. The molecule has 0 saturated carbocycles. The van der Waals surface area contributed by atoms with Crippen LogP contribution in [0.2, 0.25) is 5.02 Å². The molecular weight excluding hydrogens is 332 g/mol. The van der Waals surface area contributed by atoms with E-state index in [-0.39, 0.29) is 5.17 Å². The number of benzene rings is 2. The summed E-state index contributed by atoms with van der Waals surface area (Å²) in [5.74, 6) is -0.811. The number of amides is 2. The van der Waals surface area contributed by atoms with Gasteiger partial charge in [-0.25, -0.2) is 0 Å². The highest BCUT2D eigenvalue weighted by molar-refractivity contribution is 8.13. The number of halogens is 1. The highest BCUT2D eigenvalue weighted by Gasteiger charge is 2.13. The summed E-state index contributed by atoms with van der Waals surface area (Å²) in [6.45, 7) is 1.94. The molecule has 6 heteroatoms. The second-order valence-corrected chi connectivity index (χ2v) is 5.93. The molecule has 2 amide bonds. The molecule has 0 bridgehead atoms. The topological polar surface area (TPSA) is 58.5 Å². The maximum absolute atomic E-state index is 12.2. The Morgan fingerprint density at radius 2 is 1.74 bits per heavy atom. The number of hydrogen-bond acceptors (Lipinski definition) is 3. The van der Waals surface area contributed by atoms with Crippen molar-refractivity contribution in [1.29, 1.82) is 0 Å². The normalized spacial score (nSPS) is 11.2. The monoisotopic (exact) mass is 346 g/mol. The Morgan fingerprint density at radius 3 is 2.35 bits per heavy atom. The zero-order valence-electron chi connectivity index (χ0n) is 12.7. The van der Waals surface area contributed by atoms with Crippen LogP contribution in [0.1, 0.15) is 26.3 Å². The van der Waals surface area contributed by atoms with E-state index in [1.165, 1.54) is 11.8 Å². The van der Waals surface area contributed by atoms with Crippen LogP contribution in [0.4, 0.5) is 0 Å². The van der Waals surface area contributed by atoms with Crippen LogP contribution in [-0.2, 0) is 0 Å². The number of nitrogens with one attached hydrogen (secondary N) is 1. The van der Waals surface area contributed by atoms with Crippen LogP contribution in [0.25, 0.3) is 0 Å². The number of aliphatic imine (C=N–C) groups is 1. The molecule has 0 radical (unpaired) electrons. The Morgan fingerprint density at radius 1 is 1.09 bits per heavy atom. The number of rotatable bonds is 2. The first-order valence-electron chi connectivity index (χ1n) is 6.81. The second-order valence-electron chi connectivity index (χ2n) is 4.73. The second kappa shape index (κ2) is 7.94. The largest absolute Gasteiger partial charge is 0.301 e. The Kier molecular flexibility index (Phi) is 5.96. The van der Waals surface area contributed by atoms with E-state index in [1.54, 1.807) is 42.7 Å². The van der Waals surface area contributed by atoms with Crippen molar-refractivity contribution in [2.24, 2.45) is 4.99 Å².